The van der Waals surface area contributed by atoms with Crippen LogP contribution in [0, 0.1) is 0 Å². The summed E-state index contributed by atoms with van der Waals surface area (Å²) >= 11 is 0. The summed E-state index contributed by atoms with van der Waals surface area (Å²) in [4.78, 5) is 21.6. The third-order valence-electron chi connectivity index (χ3n) is 2.48. The summed E-state index contributed by atoms with van der Waals surface area (Å²) in [6, 6.07) is 7.45. The van der Waals surface area contributed by atoms with Gasteiger partial charge in [0.05, 0.1) is 12.5 Å². The van der Waals surface area contributed by atoms with Crippen molar-refractivity contribution in [1.82, 2.24) is 5.32 Å². The van der Waals surface area contributed by atoms with Crippen molar-refractivity contribution in [2.75, 3.05) is 13.2 Å². The molecule has 0 aliphatic heterocycles. The van der Waals surface area contributed by atoms with Gasteiger partial charge in [0, 0.05) is 0 Å². The minimum Gasteiger partial charge on any atom is -0.548 e. The van der Waals surface area contributed by atoms with Gasteiger partial charge in [-0.15, -0.1) is 0 Å². The number of para-hydroxylation sites is 1. The number of carboxylic acids is 1. The SMILES string of the molecule is CC(C)(C)c1ccccc1OCC(=O)NCC(=O)[O-]. The van der Waals surface area contributed by atoms with Crippen molar-refractivity contribution < 1.29 is 19.4 Å². The number of ether oxygens (including phenoxy) is 1. The number of aliphatic carboxylic acids is 1. The summed E-state index contributed by atoms with van der Waals surface area (Å²) in [5.41, 5.74) is 0.889. The van der Waals surface area contributed by atoms with Crippen LogP contribution in [0.3, 0.4) is 0 Å². The molecule has 0 atom stereocenters. The van der Waals surface area contributed by atoms with Crippen LogP contribution >= 0.6 is 0 Å². The highest BCUT2D eigenvalue weighted by atomic mass is 16.5. The molecule has 0 heterocycles. The van der Waals surface area contributed by atoms with Gasteiger partial charge in [0.2, 0.25) is 0 Å². The molecule has 5 heteroatoms. The van der Waals surface area contributed by atoms with Gasteiger partial charge in [0.25, 0.3) is 5.91 Å². The quantitative estimate of drug-likeness (QED) is 0.825. The van der Waals surface area contributed by atoms with Crippen LogP contribution in [0.25, 0.3) is 0 Å². The lowest BCUT2D eigenvalue weighted by molar-refractivity contribution is -0.304. The molecule has 1 amide bonds. The van der Waals surface area contributed by atoms with Crippen LogP contribution in [0.1, 0.15) is 26.3 Å². The molecule has 0 aliphatic rings. The highest BCUT2D eigenvalue weighted by molar-refractivity contribution is 5.81. The number of carbonyl (C=O) groups excluding carboxylic acids is 2. The first-order chi connectivity index (χ1) is 8.80. The average molecular weight is 264 g/mol. The molecule has 1 N–H and O–H groups in total. The molecule has 104 valence electrons. The van der Waals surface area contributed by atoms with Gasteiger partial charge < -0.3 is 20.0 Å². The highest BCUT2D eigenvalue weighted by Gasteiger charge is 2.18. The van der Waals surface area contributed by atoms with E-state index in [9.17, 15) is 14.7 Å². The Bertz CT molecular complexity index is 463. The summed E-state index contributed by atoms with van der Waals surface area (Å²) in [5, 5.41) is 12.4. The van der Waals surface area contributed by atoms with E-state index < -0.39 is 18.4 Å². The van der Waals surface area contributed by atoms with Crippen molar-refractivity contribution in [2.24, 2.45) is 0 Å². The summed E-state index contributed by atoms with van der Waals surface area (Å²) in [6.45, 7) is 5.41. The topological polar surface area (TPSA) is 78.5 Å². The van der Waals surface area contributed by atoms with E-state index in [0.29, 0.717) is 5.75 Å². The Morgan fingerprint density at radius 1 is 1.26 bits per heavy atom. The van der Waals surface area contributed by atoms with E-state index in [0.717, 1.165) is 5.56 Å². The predicted octanol–water partition coefficient (Wildman–Crippen LogP) is 0.229. The van der Waals surface area contributed by atoms with Gasteiger partial charge in [-0.2, -0.15) is 0 Å². The van der Waals surface area contributed by atoms with E-state index >= 15 is 0 Å². The highest BCUT2D eigenvalue weighted by Crippen LogP contribution is 2.30. The molecule has 0 fully saturated rings. The molecule has 0 saturated carbocycles. The maximum absolute atomic E-state index is 11.4. The summed E-state index contributed by atoms with van der Waals surface area (Å²) in [5.74, 6) is -1.20. The fraction of sp³-hybridized carbons (Fsp3) is 0.429. The van der Waals surface area contributed by atoms with E-state index in [4.69, 9.17) is 4.74 Å². The van der Waals surface area contributed by atoms with E-state index in [1.807, 2.05) is 39.0 Å². The molecule has 0 spiro atoms. The number of nitrogens with one attached hydrogen (secondary N) is 1. The molecule has 0 unspecified atom stereocenters. The van der Waals surface area contributed by atoms with Crippen LogP contribution in [0.15, 0.2) is 24.3 Å². The first-order valence-corrected chi connectivity index (χ1v) is 5.99. The zero-order valence-electron chi connectivity index (χ0n) is 11.4. The molecular weight excluding hydrogens is 246 g/mol. The standard InChI is InChI=1S/C14H19NO4/c1-14(2,3)10-6-4-5-7-11(10)19-9-12(16)15-8-13(17)18/h4-7H,8-9H2,1-3H3,(H,15,16)(H,17,18)/p-1. The van der Waals surface area contributed by atoms with Crippen molar-refractivity contribution in [3.05, 3.63) is 29.8 Å². The third kappa shape index (κ3) is 4.99. The van der Waals surface area contributed by atoms with Gasteiger partial charge in [-0.1, -0.05) is 39.0 Å². The van der Waals surface area contributed by atoms with Crippen LogP contribution in [-0.2, 0) is 15.0 Å². The number of benzene rings is 1. The lowest BCUT2D eigenvalue weighted by atomic mass is 9.86. The molecular formula is C14H18NO4-. The molecule has 0 aromatic heterocycles. The third-order valence-corrected chi connectivity index (χ3v) is 2.48. The Balaban J connectivity index is 2.63. The Kier molecular flexibility index (Phi) is 4.92. The van der Waals surface area contributed by atoms with Crippen molar-refractivity contribution in [1.29, 1.82) is 0 Å². The van der Waals surface area contributed by atoms with Gasteiger partial charge in [-0.05, 0) is 17.0 Å². The number of hydrogen-bond acceptors (Lipinski definition) is 4. The normalized spacial score (nSPS) is 10.9. The molecule has 1 aromatic carbocycles. The van der Waals surface area contributed by atoms with Crippen LogP contribution in [0.2, 0.25) is 0 Å². The fourth-order valence-electron chi connectivity index (χ4n) is 1.58. The monoisotopic (exact) mass is 264 g/mol. The van der Waals surface area contributed by atoms with Crippen LogP contribution in [-0.4, -0.2) is 25.0 Å². The second-order valence-corrected chi connectivity index (χ2v) is 5.18. The van der Waals surface area contributed by atoms with Crippen LogP contribution < -0.4 is 15.2 Å². The maximum Gasteiger partial charge on any atom is 0.258 e. The summed E-state index contributed by atoms with van der Waals surface area (Å²) in [6.07, 6.45) is 0. The van der Waals surface area contributed by atoms with Crippen LogP contribution in [0.5, 0.6) is 5.75 Å². The zero-order valence-corrected chi connectivity index (χ0v) is 11.4. The fourth-order valence-corrected chi connectivity index (χ4v) is 1.58. The first kappa shape index (κ1) is 15.0. The molecule has 0 aliphatic carbocycles. The number of carbonyl (C=O) groups is 2. The smallest absolute Gasteiger partial charge is 0.258 e. The van der Waals surface area contributed by atoms with Crippen LogP contribution in [0.4, 0.5) is 0 Å². The van der Waals surface area contributed by atoms with E-state index in [1.54, 1.807) is 6.07 Å². The molecule has 5 nitrogen and oxygen atoms in total. The minimum absolute atomic E-state index is 0.0992. The molecule has 19 heavy (non-hydrogen) atoms. The second kappa shape index (κ2) is 6.22. The lowest BCUT2D eigenvalue weighted by Crippen LogP contribution is -2.39. The Morgan fingerprint density at radius 2 is 1.89 bits per heavy atom. The van der Waals surface area contributed by atoms with Crippen molar-refractivity contribution >= 4 is 11.9 Å². The molecule has 0 radical (unpaired) electrons. The van der Waals surface area contributed by atoms with Gasteiger partial charge in [0.15, 0.2) is 6.61 Å². The van der Waals surface area contributed by atoms with Crippen molar-refractivity contribution in [3.63, 3.8) is 0 Å². The number of hydrogen-bond donors (Lipinski definition) is 1. The van der Waals surface area contributed by atoms with Gasteiger partial charge in [-0.3, -0.25) is 4.79 Å². The summed E-state index contributed by atoms with van der Waals surface area (Å²) < 4.78 is 5.43. The second-order valence-electron chi connectivity index (χ2n) is 5.18. The van der Waals surface area contributed by atoms with Crippen molar-refractivity contribution in [2.45, 2.75) is 26.2 Å². The van der Waals surface area contributed by atoms with E-state index in [1.165, 1.54) is 0 Å². The average Bonchev–Trinajstić information content (AvgIpc) is 2.33. The van der Waals surface area contributed by atoms with E-state index in [-0.39, 0.29) is 12.0 Å². The van der Waals surface area contributed by atoms with Gasteiger partial charge in [0.1, 0.15) is 5.75 Å². The Labute approximate surface area is 112 Å². The van der Waals surface area contributed by atoms with Gasteiger partial charge in [-0.25, -0.2) is 0 Å². The number of rotatable bonds is 5. The maximum atomic E-state index is 11.4. The number of carboxylic acid groups (broad SMARTS) is 1. The predicted molar refractivity (Wildman–Crippen MR) is 68.7 cm³/mol. The molecule has 1 aromatic rings. The molecule has 1 rings (SSSR count). The molecule has 0 bridgehead atoms. The van der Waals surface area contributed by atoms with E-state index in [2.05, 4.69) is 5.32 Å². The largest absolute Gasteiger partial charge is 0.548 e. The minimum atomic E-state index is -1.33. The van der Waals surface area contributed by atoms with Gasteiger partial charge >= 0.3 is 0 Å². The lowest BCUT2D eigenvalue weighted by Gasteiger charge is -2.22. The Hall–Kier alpha value is -2.04. The zero-order chi connectivity index (χ0) is 14.5. The summed E-state index contributed by atoms with van der Waals surface area (Å²) in [7, 11) is 0. The first-order valence-electron chi connectivity index (χ1n) is 5.99. The number of amides is 1. The Morgan fingerprint density at radius 3 is 2.47 bits per heavy atom. The molecule has 0 saturated heterocycles. The van der Waals surface area contributed by atoms with Crippen molar-refractivity contribution in [3.8, 4) is 5.75 Å².